The van der Waals surface area contributed by atoms with Crippen molar-refractivity contribution in [3.8, 4) is 5.88 Å². The molecule has 1 unspecified atom stereocenters. The van der Waals surface area contributed by atoms with E-state index in [2.05, 4.69) is 38.3 Å². The van der Waals surface area contributed by atoms with Crippen molar-refractivity contribution in [1.82, 2.24) is 9.55 Å². The second kappa shape index (κ2) is 5.16. The van der Waals surface area contributed by atoms with Gasteiger partial charge in [-0.15, -0.1) is 0 Å². The van der Waals surface area contributed by atoms with Gasteiger partial charge in [0.15, 0.2) is 5.79 Å². The summed E-state index contributed by atoms with van der Waals surface area (Å²) in [6.07, 6.45) is 3.93. The second-order valence-corrected chi connectivity index (χ2v) is 6.46. The summed E-state index contributed by atoms with van der Waals surface area (Å²) in [5.41, 5.74) is 1.11. The average molecular weight is 388 g/mol. The number of methoxy groups -OCH3 is 1. The fourth-order valence-corrected chi connectivity index (χ4v) is 3.39. The minimum atomic E-state index is -0.486. The molecule has 6 heteroatoms. The Balaban J connectivity index is 1.93. The van der Waals surface area contributed by atoms with Crippen LogP contribution in [0.25, 0.3) is 10.9 Å². The Morgan fingerprint density at radius 3 is 3.00 bits per heavy atom. The highest BCUT2D eigenvalue weighted by Gasteiger charge is 2.33. The van der Waals surface area contributed by atoms with Crippen molar-refractivity contribution < 1.29 is 14.2 Å². The Morgan fingerprint density at radius 2 is 2.35 bits per heavy atom. The van der Waals surface area contributed by atoms with E-state index in [9.17, 15) is 0 Å². The van der Waals surface area contributed by atoms with Crippen molar-refractivity contribution in [3.05, 3.63) is 22.0 Å². The molecule has 20 heavy (non-hydrogen) atoms. The molecule has 1 saturated heterocycles. The van der Waals surface area contributed by atoms with Gasteiger partial charge in [0.25, 0.3) is 0 Å². The smallest absolute Gasteiger partial charge is 0.223 e. The number of rotatable bonds is 3. The van der Waals surface area contributed by atoms with E-state index in [4.69, 9.17) is 14.2 Å². The Hall–Kier alpha value is -0.860. The predicted octanol–water partition coefficient (Wildman–Crippen LogP) is 2.80. The van der Waals surface area contributed by atoms with Crippen LogP contribution in [0.5, 0.6) is 5.88 Å². The van der Waals surface area contributed by atoms with E-state index in [-0.39, 0.29) is 6.10 Å². The van der Waals surface area contributed by atoms with Crippen molar-refractivity contribution in [3.63, 3.8) is 0 Å². The Labute approximate surface area is 131 Å². The molecule has 0 bridgehead atoms. The highest BCUT2D eigenvalue weighted by Crippen LogP contribution is 2.31. The van der Waals surface area contributed by atoms with Gasteiger partial charge >= 0.3 is 0 Å². The van der Waals surface area contributed by atoms with E-state index in [1.54, 1.807) is 13.3 Å². The summed E-state index contributed by atoms with van der Waals surface area (Å²) in [6, 6.07) is 2.00. The van der Waals surface area contributed by atoms with Crippen molar-refractivity contribution in [2.24, 2.45) is 0 Å². The molecule has 2 aromatic heterocycles. The maximum Gasteiger partial charge on any atom is 0.223 e. The number of hydrogen-bond acceptors (Lipinski definition) is 4. The molecular weight excluding hydrogens is 371 g/mol. The average Bonchev–Trinajstić information content (AvgIpc) is 2.91. The van der Waals surface area contributed by atoms with Gasteiger partial charge < -0.3 is 18.8 Å². The first-order valence-corrected chi connectivity index (χ1v) is 7.57. The highest BCUT2D eigenvalue weighted by molar-refractivity contribution is 14.1. The first-order valence-electron chi connectivity index (χ1n) is 6.49. The molecule has 3 heterocycles. The number of aromatic nitrogens is 2. The molecule has 2 aromatic rings. The first-order chi connectivity index (χ1) is 9.50. The van der Waals surface area contributed by atoms with Gasteiger partial charge in [0.2, 0.25) is 5.88 Å². The summed E-state index contributed by atoms with van der Waals surface area (Å²) in [5.74, 6) is 0.176. The van der Waals surface area contributed by atoms with Crippen molar-refractivity contribution in [2.45, 2.75) is 32.3 Å². The molecule has 0 aliphatic carbocycles. The van der Waals surface area contributed by atoms with Crippen LogP contribution in [0.4, 0.5) is 0 Å². The third-order valence-electron chi connectivity index (χ3n) is 3.37. The van der Waals surface area contributed by atoms with Crippen LogP contribution >= 0.6 is 22.6 Å². The normalized spacial score (nSPS) is 21.5. The lowest BCUT2D eigenvalue weighted by atomic mass is 10.3. The highest BCUT2D eigenvalue weighted by atomic mass is 127. The fourth-order valence-electron chi connectivity index (χ4n) is 2.55. The van der Waals surface area contributed by atoms with E-state index < -0.39 is 5.79 Å². The molecule has 1 fully saturated rings. The van der Waals surface area contributed by atoms with Crippen LogP contribution in [-0.4, -0.2) is 35.2 Å². The zero-order valence-electron chi connectivity index (χ0n) is 11.7. The molecule has 0 spiro atoms. The minimum Gasteiger partial charge on any atom is -0.480 e. The first kappa shape index (κ1) is 14.1. The third-order valence-corrected chi connectivity index (χ3v) is 4.19. The van der Waals surface area contributed by atoms with Crippen molar-refractivity contribution in [1.29, 1.82) is 0 Å². The maximum atomic E-state index is 5.88. The number of pyridine rings is 1. The molecular formula is C14H17IN2O3. The summed E-state index contributed by atoms with van der Waals surface area (Å²) in [6.45, 7) is 5.26. The molecule has 1 atom stereocenters. The summed E-state index contributed by atoms with van der Waals surface area (Å²) in [5, 5.41) is 1.05. The quantitative estimate of drug-likeness (QED) is 0.759. The molecule has 1 aliphatic rings. The van der Waals surface area contributed by atoms with Gasteiger partial charge in [-0.1, -0.05) is 0 Å². The van der Waals surface area contributed by atoms with E-state index >= 15 is 0 Å². The number of fused-ring (bicyclic) bond motifs is 1. The zero-order valence-corrected chi connectivity index (χ0v) is 13.9. The molecule has 5 nitrogen and oxygen atoms in total. The predicted molar refractivity (Wildman–Crippen MR) is 83.9 cm³/mol. The fraction of sp³-hybridized carbons (Fsp3) is 0.500. The third kappa shape index (κ3) is 2.51. The molecule has 108 valence electrons. The van der Waals surface area contributed by atoms with Crippen LogP contribution in [0.2, 0.25) is 0 Å². The van der Waals surface area contributed by atoms with E-state index in [1.165, 1.54) is 0 Å². The van der Waals surface area contributed by atoms with E-state index in [0.717, 1.165) is 21.0 Å². The number of halogens is 1. The van der Waals surface area contributed by atoms with Crippen LogP contribution in [-0.2, 0) is 16.0 Å². The lowest BCUT2D eigenvalue weighted by Gasteiger charge is -2.17. The van der Waals surface area contributed by atoms with Crippen LogP contribution in [0.3, 0.4) is 0 Å². The second-order valence-electron chi connectivity index (χ2n) is 5.29. The molecule has 1 aliphatic heterocycles. The number of nitrogens with zero attached hydrogens (tertiary/aromatic N) is 2. The van der Waals surface area contributed by atoms with Crippen LogP contribution in [0.1, 0.15) is 13.8 Å². The number of ether oxygens (including phenoxy) is 3. The van der Waals surface area contributed by atoms with Crippen LogP contribution in [0.15, 0.2) is 18.5 Å². The topological polar surface area (TPSA) is 45.5 Å². The molecule has 0 aromatic carbocycles. The molecule has 0 saturated carbocycles. The van der Waals surface area contributed by atoms with E-state index in [1.807, 2.05) is 19.9 Å². The zero-order chi connectivity index (χ0) is 14.3. The molecule has 0 N–H and O–H groups in total. The van der Waals surface area contributed by atoms with Crippen molar-refractivity contribution >= 4 is 33.5 Å². The van der Waals surface area contributed by atoms with Gasteiger partial charge in [0.05, 0.1) is 31.2 Å². The van der Waals surface area contributed by atoms with Crippen molar-refractivity contribution in [2.75, 3.05) is 13.7 Å². The Kier molecular flexibility index (Phi) is 3.64. The van der Waals surface area contributed by atoms with Crippen LogP contribution < -0.4 is 4.74 Å². The molecule has 0 amide bonds. The van der Waals surface area contributed by atoms with Gasteiger partial charge in [-0.25, -0.2) is 4.98 Å². The Morgan fingerprint density at radius 1 is 1.55 bits per heavy atom. The van der Waals surface area contributed by atoms with Gasteiger partial charge in [-0.2, -0.15) is 0 Å². The summed E-state index contributed by atoms with van der Waals surface area (Å²) < 4.78 is 20.1. The monoisotopic (exact) mass is 388 g/mol. The van der Waals surface area contributed by atoms with E-state index in [0.29, 0.717) is 12.5 Å². The lowest BCUT2D eigenvalue weighted by Crippen LogP contribution is -2.23. The van der Waals surface area contributed by atoms with Gasteiger partial charge in [-0.05, 0) is 42.5 Å². The standard InChI is InChI=1S/C14H17IN2O3/c1-14(2)19-8-9(20-14)6-17-7-10(15)12-11(17)4-5-16-13(12)18-3/h4-5,7,9H,6,8H2,1-3H3. The summed E-state index contributed by atoms with van der Waals surface area (Å²) in [7, 11) is 1.64. The number of hydrogen-bond donors (Lipinski definition) is 0. The lowest BCUT2D eigenvalue weighted by molar-refractivity contribution is -0.139. The van der Waals surface area contributed by atoms with Crippen LogP contribution in [0, 0.1) is 3.57 Å². The molecule has 0 radical (unpaired) electrons. The Bertz CT molecular complexity index is 639. The minimum absolute atomic E-state index is 0.0653. The van der Waals surface area contributed by atoms with Gasteiger partial charge in [-0.3, -0.25) is 0 Å². The summed E-state index contributed by atoms with van der Waals surface area (Å²) >= 11 is 2.31. The summed E-state index contributed by atoms with van der Waals surface area (Å²) in [4.78, 5) is 4.26. The van der Waals surface area contributed by atoms with Gasteiger partial charge in [0.1, 0.15) is 6.10 Å². The molecule has 3 rings (SSSR count). The maximum absolute atomic E-state index is 5.88. The largest absolute Gasteiger partial charge is 0.480 e. The SMILES string of the molecule is COc1nccc2c1c(I)cn2CC1COC(C)(C)O1. The van der Waals surface area contributed by atoms with Gasteiger partial charge in [0, 0.05) is 16.0 Å².